The van der Waals surface area contributed by atoms with Crippen LogP contribution in [0.25, 0.3) is 10.9 Å². The number of aromatic amines is 1. The van der Waals surface area contributed by atoms with Crippen LogP contribution in [-0.4, -0.2) is 16.9 Å². The van der Waals surface area contributed by atoms with Crippen LogP contribution >= 0.6 is 15.9 Å². The normalized spacial score (nSPS) is 17.0. The van der Waals surface area contributed by atoms with Crippen LogP contribution in [-0.2, 0) is 12.8 Å². The molecule has 0 aliphatic heterocycles. The van der Waals surface area contributed by atoms with Crippen LogP contribution in [0.2, 0.25) is 0 Å². The number of benzene rings is 2. The Morgan fingerprint density at radius 1 is 1.17 bits per heavy atom. The molecule has 1 aromatic heterocycles. The van der Waals surface area contributed by atoms with Gasteiger partial charge in [0.15, 0.2) is 0 Å². The number of amides is 1. The van der Waals surface area contributed by atoms with Gasteiger partial charge in [-0.05, 0) is 42.7 Å². The summed E-state index contributed by atoms with van der Waals surface area (Å²) in [6.07, 6.45) is 2.85. The van der Waals surface area contributed by atoms with Crippen molar-refractivity contribution in [3.63, 3.8) is 0 Å². The second-order valence-electron chi connectivity index (χ2n) is 6.05. The first-order valence-electron chi connectivity index (χ1n) is 7.85. The fourth-order valence-electron chi connectivity index (χ4n) is 3.40. The van der Waals surface area contributed by atoms with Crippen molar-refractivity contribution >= 4 is 32.7 Å². The number of halogens is 1. The molecule has 4 rings (SSSR count). The van der Waals surface area contributed by atoms with E-state index in [2.05, 4.69) is 50.5 Å². The Balaban J connectivity index is 1.53. The van der Waals surface area contributed by atoms with Crippen LogP contribution in [0.3, 0.4) is 0 Å². The molecule has 2 N–H and O–H groups in total. The zero-order chi connectivity index (χ0) is 15.8. The molecule has 0 spiro atoms. The fraction of sp³-hybridized carbons (Fsp3) is 0.211. The Morgan fingerprint density at radius 2 is 2.04 bits per heavy atom. The van der Waals surface area contributed by atoms with E-state index in [0.717, 1.165) is 23.7 Å². The zero-order valence-electron chi connectivity index (χ0n) is 12.6. The van der Waals surface area contributed by atoms with Gasteiger partial charge < -0.3 is 10.3 Å². The maximum absolute atomic E-state index is 12.4. The predicted molar refractivity (Wildman–Crippen MR) is 95.7 cm³/mol. The lowest BCUT2D eigenvalue weighted by Crippen LogP contribution is -2.38. The van der Waals surface area contributed by atoms with Gasteiger partial charge >= 0.3 is 0 Å². The Kier molecular flexibility index (Phi) is 3.69. The van der Waals surface area contributed by atoms with Gasteiger partial charge in [0.1, 0.15) is 0 Å². The third-order valence-corrected chi connectivity index (χ3v) is 5.01. The number of carbonyl (C=O) groups excluding carboxylic acids is 1. The first-order valence-corrected chi connectivity index (χ1v) is 8.65. The molecule has 1 atom stereocenters. The van der Waals surface area contributed by atoms with Gasteiger partial charge in [0.05, 0.1) is 0 Å². The minimum Gasteiger partial charge on any atom is -0.358 e. The highest BCUT2D eigenvalue weighted by Crippen LogP contribution is 2.29. The molecule has 1 aliphatic rings. The molecule has 1 amide bonds. The van der Waals surface area contributed by atoms with Gasteiger partial charge in [0.2, 0.25) is 0 Å². The van der Waals surface area contributed by atoms with E-state index < -0.39 is 0 Å². The molecule has 0 radical (unpaired) electrons. The quantitative estimate of drug-likeness (QED) is 0.698. The van der Waals surface area contributed by atoms with Gasteiger partial charge in [-0.2, -0.15) is 0 Å². The first kappa shape index (κ1) is 14.5. The lowest BCUT2D eigenvalue weighted by atomic mass is 9.91. The number of nitrogens with one attached hydrogen (secondary N) is 2. The highest BCUT2D eigenvalue weighted by Gasteiger charge is 2.23. The Labute approximate surface area is 143 Å². The molecule has 1 aliphatic carbocycles. The number of carbonyl (C=O) groups is 1. The van der Waals surface area contributed by atoms with E-state index in [4.69, 9.17) is 0 Å². The van der Waals surface area contributed by atoms with E-state index >= 15 is 0 Å². The summed E-state index contributed by atoms with van der Waals surface area (Å²) in [6.45, 7) is 0. The van der Waals surface area contributed by atoms with Gasteiger partial charge in [-0.1, -0.05) is 40.2 Å². The summed E-state index contributed by atoms with van der Waals surface area (Å²) < 4.78 is 0.923. The summed E-state index contributed by atoms with van der Waals surface area (Å²) in [5.41, 5.74) is 4.56. The molecule has 3 aromatic rings. The summed E-state index contributed by atoms with van der Waals surface area (Å²) in [4.78, 5) is 15.9. The largest absolute Gasteiger partial charge is 0.358 e. The molecule has 4 heteroatoms. The topological polar surface area (TPSA) is 44.9 Å². The molecule has 1 heterocycles. The predicted octanol–water partition coefficient (Wildman–Crippen LogP) is 4.22. The van der Waals surface area contributed by atoms with Crippen LogP contribution in [0.1, 0.15) is 28.0 Å². The van der Waals surface area contributed by atoms with Crippen LogP contribution in [0.15, 0.2) is 53.0 Å². The summed E-state index contributed by atoms with van der Waals surface area (Å²) >= 11 is 3.41. The molecule has 0 saturated heterocycles. The number of aryl methyl sites for hydroxylation is 1. The van der Waals surface area contributed by atoms with Crippen LogP contribution in [0, 0.1) is 0 Å². The third kappa shape index (κ3) is 2.79. The van der Waals surface area contributed by atoms with E-state index in [9.17, 15) is 4.79 Å². The van der Waals surface area contributed by atoms with Gasteiger partial charge in [-0.3, -0.25) is 4.79 Å². The Bertz CT molecular complexity index is 884. The maximum Gasteiger partial charge on any atom is 0.251 e. The summed E-state index contributed by atoms with van der Waals surface area (Å²) in [6, 6.07) is 16.1. The van der Waals surface area contributed by atoms with Crippen molar-refractivity contribution < 1.29 is 4.79 Å². The lowest BCUT2D eigenvalue weighted by Gasteiger charge is -2.23. The average molecular weight is 369 g/mol. The zero-order valence-corrected chi connectivity index (χ0v) is 14.2. The standard InChI is InChI=1S/C19H17BrN2O/c20-13-5-3-4-12(10-13)19(23)21-14-8-9-16-15-6-1-2-7-17(15)22-18(16)11-14/h1-7,10,14,22H,8-9,11H2,(H,21,23). The maximum atomic E-state index is 12.4. The number of H-pyrrole nitrogens is 1. The Morgan fingerprint density at radius 3 is 2.91 bits per heavy atom. The minimum absolute atomic E-state index is 0.00383. The molecule has 116 valence electrons. The molecular weight excluding hydrogens is 352 g/mol. The van der Waals surface area contributed by atoms with E-state index in [1.807, 2.05) is 24.3 Å². The van der Waals surface area contributed by atoms with Gasteiger partial charge in [0, 0.05) is 39.1 Å². The molecular formula is C19H17BrN2O. The van der Waals surface area contributed by atoms with Crippen LogP contribution < -0.4 is 5.32 Å². The van der Waals surface area contributed by atoms with E-state index in [-0.39, 0.29) is 11.9 Å². The van der Waals surface area contributed by atoms with Crippen molar-refractivity contribution in [2.24, 2.45) is 0 Å². The molecule has 3 nitrogen and oxygen atoms in total. The monoisotopic (exact) mass is 368 g/mol. The summed E-state index contributed by atoms with van der Waals surface area (Å²) in [7, 11) is 0. The molecule has 0 saturated carbocycles. The van der Waals surface area contributed by atoms with Gasteiger partial charge in [0.25, 0.3) is 5.91 Å². The molecule has 2 aromatic carbocycles. The number of rotatable bonds is 2. The fourth-order valence-corrected chi connectivity index (χ4v) is 3.80. The second-order valence-corrected chi connectivity index (χ2v) is 6.97. The van der Waals surface area contributed by atoms with Crippen LogP contribution in [0.4, 0.5) is 0 Å². The number of aromatic nitrogens is 1. The highest BCUT2D eigenvalue weighted by atomic mass is 79.9. The minimum atomic E-state index is -0.00383. The van der Waals surface area contributed by atoms with Crippen molar-refractivity contribution in [3.8, 4) is 0 Å². The lowest BCUT2D eigenvalue weighted by molar-refractivity contribution is 0.0933. The second kappa shape index (κ2) is 5.85. The van der Waals surface area contributed by atoms with Gasteiger partial charge in [-0.25, -0.2) is 0 Å². The Hall–Kier alpha value is -2.07. The molecule has 0 bridgehead atoms. The average Bonchev–Trinajstić information content (AvgIpc) is 2.92. The van der Waals surface area contributed by atoms with Gasteiger partial charge in [-0.15, -0.1) is 0 Å². The van der Waals surface area contributed by atoms with Crippen molar-refractivity contribution in [2.75, 3.05) is 0 Å². The van der Waals surface area contributed by atoms with Crippen molar-refractivity contribution in [3.05, 3.63) is 69.8 Å². The van der Waals surface area contributed by atoms with Crippen LogP contribution in [0.5, 0.6) is 0 Å². The van der Waals surface area contributed by atoms with Crippen molar-refractivity contribution in [1.82, 2.24) is 10.3 Å². The molecule has 23 heavy (non-hydrogen) atoms. The number of hydrogen-bond donors (Lipinski definition) is 2. The summed E-state index contributed by atoms with van der Waals surface area (Å²) in [5, 5.41) is 4.49. The highest BCUT2D eigenvalue weighted by molar-refractivity contribution is 9.10. The van der Waals surface area contributed by atoms with Crippen molar-refractivity contribution in [2.45, 2.75) is 25.3 Å². The smallest absolute Gasteiger partial charge is 0.251 e. The molecule has 0 fully saturated rings. The third-order valence-electron chi connectivity index (χ3n) is 4.52. The first-order chi connectivity index (χ1) is 11.2. The summed E-state index contributed by atoms with van der Waals surface area (Å²) in [5.74, 6) is -0.00383. The SMILES string of the molecule is O=C(NC1CCc2c([nH]c3ccccc23)C1)c1cccc(Br)c1. The van der Waals surface area contributed by atoms with Crippen molar-refractivity contribution in [1.29, 1.82) is 0 Å². The van der Waals surface area contributed by atoms with E-state index in [1.165, 1.54) is 22.2 Å². The van der Waals surface area contributed by atoms with E-state index in [0.29, 0.717) is 5.56 Å². The van der Waals surface area contributed by atoms with E-state index in [1.54, 1.807) is 0 Å². The number of hydrogen-bond acceptors (Lipinski definition) is 1. The molecule has 1 unspecified atom stereocenters. The number of fused-ring (bicyclic) bond motifs is 3. The number of para-hydroxylation sites is 1.